The number of likely N-dealkylation sites (N-methyl/N-ethyl adjacent to an activating group) is 1. The second-order valence-electron chi connectivity index (χ2n) is 6.07. The zero-order chi connectivity index (χ0) is 13.8. The molecule has 2 unspecified atom stereocenters. The minimum absolute atomic E-state index is 0.0224. The van der Waals surface area contributed by atoms with Crippen LogP contribution >= 0.6 is 0 Å². The Morgan fingerprint density at radius 3 is 2.84 bits per heavy atom. The fourth-order valence-electron chi connectivity index (χ4n) is 2.73. The number of aliphatic hydroxyl groups is 1. The van der Waals surface area contributed by atoms with Crippen molar-refractivity contribution in [1.29, 1.82) is 0 Å². The molecule has 0 bridgehead atoms. The standard InChI is InChI=1S/C14H27N3O2/c1-11(16(2)13-5-6-13)8-15-14(19)17-7-3-4-12(9-17)10-18/h11-13,18H,3-10H2,1-2H3,(H,15,19). The van der Waals surface area contributed by atoms with E-state index in [0.717, 1.165) is 25.4 Å². The molecule has 2 N–H and O–H groups in total. The SMILES string of the molecule is CC(CNC(=O)N1CCCC(CO)C1)N(C)C1CC1. The lowest BCUT2D eigenvalue weighted by Crippen LogP contribution is -2.49. The molecule has 5 heteroatoms. The van der Waals surface area contributed by atoms with Crippen molar-refractivity contribution in [2.75, 3.05) is 33.3 Å². The highest BCUT2D eigenvalue weighted by Crippen LogP contribution is 2.26. The molecule has 0 radical (unpaired) electrons. The molecule has 1 saturated carbocycles. The maximum atomic E-state index is 12.1. The first-order chi connectivity index (χ1) is 9.11. The molecule has 0 aromatic carbocycles. The molecule has 2 atom stereocenters. The molecule has 2 fully saturated rings. The number of hydrogen-bond donors (Lipinski definition) is 2. The van der Waals surface area contributed by atoms with Crippen molar-refractivity contribution >= 4 is 6.03 Å². The molecule has 2 aliphatic rings. The lowest BCUT2D eigenvalue weighted by Gasteiger charge is -2.33. The number of hydrogen-bond acceptors (Lipinski definition) is 3. The third-order valence-electron chi connectivity index (χ3n) is 4.43. The first-order valence-corrected chi connectivity index (χ1v) is 7.47. The minimum atomic E-state index is 0.0224. The van der Waals surface area contributed by atoms with E-state index in [9.17, 15) is 9.90 Å². The lowest BCUT2D eigenvalue weighted by molar-refractivity contribution is 0.128. The summed E-state index contributed by atoms with van der Waals surface area (Å²) in [6.07, 6.45) is 4.61. The van der Waals surface area contributed by atoms with Gasteiger partial charge in [-0.25, -0.2) is 4.79 Å². The summed E-state index contributed by atoms with van der Waals surface area (Å²) in [4.78, 5) is 16.3. The topological polar surface area (TPSA) is 55.8 Å². The van der Waals surface area contributed by atoms with Crippen LogP contribution in [0.2, 0.25) is 0 Å². The Bertz CT molecular complexity index is 307. The van der Waals surface area contributed by atoms with Crippen LogP contribution in [0.25, 0.3) is 0 Å². The summed E-state index contributed by atoms with van der Waals surface area (Å²) in [5.74, 6) is 0.256. The van der Waals surface area contributed by atoms with Crippen molar-refractivity contribution in [3.05, 3.63) is 0 Å². The average Bonchev–Trinajstić information content (AvgIpc) is 3.28. The van der Waals surface area contributed by atoms with Gasteiger partial charge in [0.25, 0.3) is 0 Å². The molecule has 1 saturated heterocycles. The smallest absolute Gasteiger partial charge is 0.317 e. The second-order valence-corrected chi connectivity index (χ2v) is 6.07. The van der Waals surface area contributed by atoms with E-state index >= 15 is 0 Å². The van der Waals surface area contributed by atoms with E-state index in [1.807, 2.05) is 4.90 Å². The van der Waals surface area contributed by atoms with Crippen molar-refractivity contribution in [3.63, 3.8) is 0 Å². The molecular formula is C14H27N3O2. The third kappa shape index (κ3) is 4.08. The zero-order valence-electron chi connectivity index (χ0n) is 12.1. The van der Waals surface area contributed by atoms with E-state index in [1.165, 1.54) is 12.8 Å². The molecule has 1 heterocycles. The predicted octanol–water partition coefficient (Wildman–Crippen LogP) is 0.883. The van der Waals surface area contributed by atoms with Crippen molar-refractivity contribution in [1.82, 2.24) is 15.1 Å². The van der Waals surface area contributed by atoms with Crippen molar-refractivity contribution in [2.45, 2.75) is 44.7 Å². The summed E-state index contributed by atoms with van der Waals surface area (Å²) in [7, 11) is 2.14. The highest BCUT2D eigenvalue weighted by molar-refractivity contribution is 5.74. The molecule has 0 aromatic heterocycles. The summed E-state index contributed by atoms with van der Waals surface area (Å²) >= 11 is 0. The van der Waals surface area contributed by atoms with Gasteiger partial charge in [0.15, 0.2) is 0 Å². The fourth-order valence-corrected chi connectivity index (χ4v) is 2.73. The number of amides is 2. The van der Waals surface area contributed by atoms with Crippen LogP contribution in [-0.2, 0) is 0 Å². The highest BCUT2D eigenvalue weighted by atomic mass is 16.3. The first-order valence-electron chi connectivity index (χ1n) is 7.47. The fraction of sp³-hybridized carbons (Fsp3) is 0.929. The number of rotatable bonds is 5. The summed E-state index contributed by atoms with van der Waals surface area (Å²) in [5, 5.41) is 12.2. The van der Waals surface area contributed by atoms with Crippen LogP contribution in [0.3, 0.4) is 0 Å². The zero-order valence-corrected chi connectivity index (χ0v) is 12.1. The molecule has 0 spiro atoms. The summed E-state index contributed by atoms with van der Waals surface area (Å²) in [6.45, 7) is 4.55. The summed E-state index contributed by atoms with van der Waals surface area (Å²) in [6, 6.07) is 1.13. The van der Waals surface area contributed by atoms with Crippen LogP contribution in [0.5, 0.6) is 0 Å². The number of nitrogens with zero attached hydrogens (tertiary/aromatic N) is 2. The minimum Gasteiger partial charge on any atom is -0.396 e. The van der Waals surface area contributed by atoms with Crippen LogP contribution in [0, 0.1) is 5.92 Å². The Balaban J connectivity index is 1.71. The van der Waals surface area contributed by atoms with Crippen LogP contribution in [-0.4, -0.2) is 66.3 Å². The Kier molecular flexibility index (Phi) is 5.05. The molecule has 5 nitrogen and oxygen atoms in total. The van der Waals surface area contributed by atoms with Gasteiger partial charge in [0.05, 0.1) is 0 Å². The number of piperidine rings is 1. The van der Waals surface area contributed by atoms with E-state index in [-0.39, 0.29) is 18.6 Å². The molecule has 0 aromatic rings. The molecular weight excluding hydrogens is 242 g/mol. The van der Waals surface area contributed by atoms with E-state index < -0.39 is 0 Å². The van der Waals surface area contributed by atoms with Gasteiger partial charge in [-0.2, -0.15) is 0 Å². The summed E-state index contributed by atoms with van der Waals surface area (Å²) in [5.41, 5.74) is 0. The monoisotopic (exact) mass is 269 g/mol. The van der Waals surface area contributed by atoms with Gasteiger partial charge in [0.1, 0.15) is 0 Å². The van der Waals surface area contributed by atoms with Crippen molar-refractivity contribution < 1.29 is 9.90 Å². The van der Waals surface area contributed by atoms with Crippen LogP contribution in [0.4, 0.5) is 4.79 Å². The summed E-state index contributed by atoms with van der Waals surface area (Å²) < 4.78 is 0. The molecule has 2 rings (SSSR count). The largest absolute Gasteiger partial charge is 0.396 e. The predicted molar refractivity (Wildman–Crippen MR) is 75.0 cm³/mol. The maximum absolute atomic E-state index is 12.1. The lowest BCUT2D eigenvalue weighted by atomic mass is 9.99. The molecule has 19 heavy (non-hydrogen) atoms. The van der Waals surface area contributed by atoms with E-state index in [1.54, 1.807) is 0 Å². The molecule has 110 valence electrons. The first kappa shape index (κ1) is 14.6. The van der Waals surface area contributed by atoms with Gasteiger partial charge in [-0.15, -0.1) is 0 Å². The number of likely N-dealkylation sites (tertiary alicyclic amines) is 1. The third-order valence-corrected chi connectivity index (χ3v) is 4.43. The van der Waals surface area contributed by atoms with E-state index in [0.29, 0.717) is 19.1 Å². The quantitative estimate of drug-likeness (QED) is 0.779. The van der Waals surface area contributed by atoms with Crippen LogP contribution in [0.1, 0.15) is 32.6 Å². The average molecular weight is 269 g/mol. The highest BCUT2D eigenvalue weighted by Gasteiger charge is 2.29. The van der Waals surface area contributed by atoms with Gasteiger partial charge in [-0.05, 0) is 45.6 Å². The van der Waals surface area contributed by atoms with Gasteiger partial charge >= 0.3 is 6.03 Å². The van der Waals surface area contributed by atoms with Crippen LogP contribution in [0.15, 0.2) is 0 Å². The maximum Gasteiger partial charge on any atom is 0.317 e. The van der Waals surface area contributed by atoms with E-state index in [4.69, 9.17) is 0 Å². The number of urea groups is 1. The molecule has 1 aliphatic carbocycles. The normalized spacial score (nSPS) is 25.5. The second kappa shape index (κ2) is 6.57. The van der Waals surface area contributed by atoms with Gasteiger partial charge in [-0.1, -0.05) is 0 Å². The Morgan fingerprint density at radius 1 is 1.47 bits per heavy atom. The Morgan fingerprint density at radius 2 is 2.21 bits per heavy atom. The molecule has 1 aliphatic heterocycles. The molecule has 2 amide bonds. The van der Waals surface area contributed by atoms with Crippen molar-refractivity contribution in [2.24, 2.45) is 5.92 Å². The van der Waals surface area contributed by atoms with Gasteiger partial charge < -0.3 is 15.3 Å². The number of nitrogens with one attached hydrogen (secondary N) is 1. The van der Waals surface area contributed by atoms with Gasteiger partial charge in [0.2, 0.25) is 0 Å². The Labute approximate surface area is 115 Å². The number of carbonyl (C=O) groups excluding carboxylic acids is 1. The van der Waals surface area contributed by atoms with E-state index in [2.05, 4.69) is 24.2 Å². The Hall–Kier alpha value is -0.810. The number of aliphatic hydroxyl groups excluding tert-OH is 1. The van der Waals surface area contributed by atoms with Crippen LogP contribution < -0.4 is 5.32 Å². The number of carbonyl (C=O) groups is 1. The van der Waals surface area contributed by atoms with Crippen molar-refractivity contribution in [3.8, 4) is 0 Å². The van der Waals surface area contributed by atoms with Gasteiger partial charge in [0, 0.05) is 38.3 Å². The van der Waals surface area contributed by atoms with Gasteiger partial charge in [-0.3, -0.25) is 4.90 Å².